The molecule has 0 heterocycles. The number of ketones is 1. The molecule has 0 fully saturated rings. The third kappa shape index (κ3) is 4.26. The molecule has 1 N–H and O–H groups in total. The first kappa shape index (κ1) is 14.9. The Bertz CT molecular complexity index is 379. The van der Waals surface area contributed by atoms with E-state index in [2.05, 4.69) is 33.0 Å². The van der Waals surface area contributed by atoms with Crippen LogP contribution in [-0.2, 0) is 0 Å². The summed E-state index contributed by atoms with van der Waals surface area (Å²) in [5, 5.41) is 3.27. The van der Waals surface area contributed by atoms with Crippen molar-refractivity contribution in [2.24, 2.45) is 5.92 Å². The van der Waals surface area contributed by atoms with Crippen LogP contribution in [0.25, 0.3) is 0 Å². The number of Topliss-reactive ketones (excluding diaryl/α,β-unsaturated/α-hetero) is 1. The molecule has 0 aliphatic heterocycles. The molecule has 1 rings (SSSR count). The zero-order valence-electron chi connectivity index (χ0n) is 12.2. The average Bonchev–Trinajstić information content (AvgIpc) is 2.35. The maximum Gasteiger partial charge on any atom is 0.179 e. The van der Waals surface area contributed by atoms with Gasteiger partial charge in [0.25, 0.3) is 0 Å². The molecule has 0 aromatic heterocycles. The highest BCUT2D eigenvalue weighted by Crippen LogP contribution is 2.15. The van der Waals surface area contributed by atoms with Crippen molar-refractivity contribution in [3.8, 4) is 0 Å². The fraction of sp³-hybridized carbons (Fsp3) is 0.562. The van der Waals surface area contributed by atoms with E-state index in [1.165, 1.54) is 5.56 Å². The van der Waals surface area contributed by atoms with Gasteiger partial charge in [0.1, 0.15) is 0 Å². The number of carbonyl (C=O) groups is 1. The summed E-state index contributed by atoms with van der Waals surface area (Å²) in [6.45, 7) is 11.4. The Hall–Kier alpha value is -1.15. The lowest BCUT2D eigenvalue weighted by Gasteiger charge is -2.15. The van der Waals surface area contributed by atoms with Gasteiger partial charge in [-0.15, -0.1) is 0 Å². The van der Waals surface area contributed by atoms with E-state index in [0.717, 1.165) is 12.1 Å². The van der Waals surface area contributed by atoms with E-state index in [0.29, 0.717) is 11.8 Å². The van der Waals surface area contributed by atoms with Crippen molar-refractivity contribution in [2.45, 2.75) is 46.6 Å². The molecule has 0 saturated heterocycles. The zero-order valence-corrected chi connectivity index (χ0v) is 12.2. The van der Waals surface area contributed by atoms with Crippen LogP contribution in [0.5, 0.6) is 0 Å². The minimum atomic E-state index is -0.114. The summed E-state index contributed by atoms with van der Waals surface area (Å²) < 4.78 is 0. The second-order valence-corrected chi connectivity index (χ2v) is 5.66. The molecule has 1 aromatic carbocycles. The molecule has 2 heteroatoms. The van der Waals surface area contributed by atoms with Crippen LogP contribution < -0.4 is 5.32 Å². The lowest BCUT2D eigenvalue weighted by atomic mass is 9.98. The lowest BCUT2D eigenvalue weighted by Crippen LogP contribution is -2.36. The molecular weight excluding hydrogens is 222 g/mol. The first-order chi connectivity index (χ1) is 8.41. The number of hydrogen-bond donors (Lipinski definition) is 1. The SMILES string of the molecule is CC(C)CNC(C)C(=O)c1ccc(C(C)C)cc1. The predicted octanol–water partition coefficient (Wildman–Crippen LogP) is 3.63. The minimum Gasteiger partial charge on any atom is -0.307 e. The van der Waals surface area contributed by atoms with Gasteiger partial charge in [0.2, 0.25) is 0 Å². The van der Waals surface area contributed by atoms with Gasteiger partial charge >= 0.3 is 0 Å². The van der Waals surface area contributed by atoms with Crippen molar-refractivity contribution < 1.29 is 4.79 Å². The van der Waals surface area contributed by atoms with Crippen LogP contribution in [0, 0.1) is 5.92 Å². The van der Waals surface area contributed by atoms with E-state index in [9.17, 15) is 4.79 Å². The standard InChI is InChI=1S/C16H25NO/c1-11(2)10-17-13(5)16(18)15-8-6-14(7-9-15)12(3)4/h6-9,11-13,17H,10H2,1-5H3. The van der Waals surface area contributed by atoms with E-state index in [1.54, 1.807) is 0 Å². The van der Waals surface area contributed by atoms with Crippen LogP contribution in [0.15, 0.2) is 24.3 Å². The van der Waals surface area contributed by atoms with Crippen molar-refractivity contribution in [2.75, 3.05) is 6.54 Å². The maximum atomic E-state index is 12.2. The van der Waals surface area contributed by atoms with E-state index >= 15 is 0 Å². The van der Waals surface area contributed by atoms with Gasteiger partial charge in [-0.25, -0.2) is 0 Å². The Labute approximate surface area is 111 Å². The van der Waals surface area contributed by atoms with Gasteiger partial charge in [-0.3, -0.25) is 4.79 Å². The molecule has 18 heavy (non-hydrogen) atoms. The largest absolute Gasteiger partial charge is 0.307 e. The molecular formula is C16H25NO. The first-order valence-electron chi connectivity index (χ1n) is 6.79. The van der Waals surface area contributed by atoms with Crippen molar-refractivity contribution in [3.05, 3.63) is 35.4 Å². The predicted molar refractivity (Wildman–Crippen MR) is 77.2 cm³/mol. The van der Waals surface area contributed by atoms with E-state index in [4.69, 9.17) is 0 Å². The summed E-state index contributed by atoms with van der Waals surface area (Å²) >= 11 is 0. The molecule has 0 saturated carbocycles. The zero-order chi connectivity index (χ0) is 13.7. The summed E-state index contributed by atoms with van der Waals surface area (Å²) in [6.07, 6.45) is 0. The number of hydrogen-bond acceptors (Lipinski definition) is 2. The average molecular weight is 247 g/mol. The second kappa shape index (κ2) is 6.69. The van der Waals surface area contributed by atoms with Crippen molar-refractivity contribution in [3.63, 3.8) is 0 Å². The van der Waals surface area contributed by atoms with Gasteiger partial charge in [-0.1, -0.05) is 52.0 Å². The maximum absolute atomic E-state index is 12.2. The van der Waals surface area contributed by atoms with Crippen LogP contribution in [0.2, 0.25) is 0 Å². The Morgan fingerprint density at radius 1 is 1.06 bits per heavy atom. The highest BCUT2D eigenvalue weighted by molar-refractivity contribution is 5.99. The van der Waals surface area contributed by atoms with Gasteiger partial charge in [0.15, 0.2) is 5.78 Å². The molecule has 1 unspecified atom stereocenters. The van der Waals surface area contributed by atoms with E-state index < -0.39 is 0 Å². The number of benzene rings is 1. The molecule has 1 atom stereocenters. The fourth-order valence-electron chi connectivity index (χ4n) is 1.79. The van der Waals surface area contributed by atoms with Crippen LogP contribution in [0.3, 0.4) is 0 Å². The van der Waals surface area contributed by atoms with E-state index in [-0.39, 0.29) is 11.8 Å². The highest BCUT2D eigenvalue weighted by atomic mass is 16.1. The van der Waals surface area contributed by atoms with Crippen LogP contribution in [0.4, 0.5) is 0 Å². The normalized spacial score (nSPS) is 13.1. The number of rotatable bonds is 6. The van der Waals surface area contributed by atoms with Crippen molar-refractivity contribution >= 4 is 5.78 Å². The Kier molecular flexibility index (Phi) is 5.54. The van der Waals surface area contributed by atoms with Gasteiger partial charge in [-0.05, 0) is 30.9 Å². The van der Waals surface area contributed by atoms with Gasteiger partial charge < -0.3 is 5.32 Å². The summed E-state index contributed by atoms with van der Waals surface area (Å²) in [4.78, 5) is 12.2. The monoisotopic (exact) mass is 247 g/mol. The topological polar surface area (TPSA) is 29.1 Å². The molecule has 0 bridgehead atoms. The Morgan fingerprint density at radius 2 is 1.61 bits per heavy atom. The lowest BCUT2D eigenvalue weighted by molar-refractivity contribution is 0.0949. The molecule has 0 spiro atoms. The van der Waals surface area contributed by atoms with Gasteiger partial charge in [0, 0.05) is 5.56 Å². The van der Waals surface area contributed by atoms with Crippen molar-refractivity contribution in [1.29, 1.82) is 0 Å². The fourth-order valence-corrected chi connectivity index (χ4v) is 1.79. The third-order valence-electron chi connectivity index (χ3n) is 3.09. The highest BCUT2D eigenvalue weighted by Gasteiger charge is 2.14. The molecule has 1 aromatic rings. The second-order valence-electron chi connectivity index (χ2n) is 5.66. The number of nitrogens with one attached hydrogen (secondary N) is 1. The molecule has 0 aliphatic carbocycles. The summed E-state index contributed by atoms with van der Waals surface area (Å²) in [6, 6.07) is 7.86. The summed E-state index contributed by atoms with van der Waals surface area (Å²) in [5.74, 6) is 1.24. The molecule has 0 radical (unpaired) electrons. The van der Waals surface area contributed by atoms with Crippen molar-refractivity contribution in [1.82, 2.24) is 5.32 Å². The molecule has 0 amide bonds. The quantitative estimate of drug-likeness (QED) is 0.778. The smallest absolute Gasteiger partial charge is 0.179 e. The van der Waals surface area contributed by atoms with Crippen LogP contribution in [-0.4, -0.2) is 18.4 Å². The molecule has 100 valence electrons. The first-order valence-corrected chi connectivity index (χ1v) is 6.79. The van der Waals surface area contributed by atoms with Crippen LogP contribution >= 0.6 is 0 Å². The van der Waals surface area contributed by atoms with E-state index in [1.807, 2.05) is 31.2 Å². The Morgan fingerprint density at radius 3 is 2.06 bits per heavy atom. The third-order valence-corrected chi connectivity index (χ3v) is 3.09. The molecule has 2 nitrogen and oxygen atoms in total. The minimum absolute atomic E-state index is 0.114. The van der Waals surface area contributed by atoms with Gasteiger partial charge in [0.05, 0.1) is 6.04 Å². The Balaban J connectivity index is 2.66. The number of carbonyl (C=O) groups excluding carboxylic acids is 1. The molecule has 0 aliphatic rings. The summed E-state index contributed by atoms with van der Waals surface area (Å²) in [7, 11) is 0. The summed E-state index contributed by atoms with van der Waals surface area (Å²) in [5.41, 5.74) is 2.07. The van der Waals surface area contributed by atoms with Gasteiger partial charge in [-0.2, -0.15) is 0 Å². The van der Waals surface area contributed by atoms with Crippen LogP contribution in [0.1, 0.15) is 56.5 Å².